The molecule has 0 aliphatic carbocycles. The van der Waals surface area contributed by atoms with Gasteiger partial charge in [-0.2, -0.15) is 18.2 Å². The van der Waals surface area contributed by atoms with Gasteiger partial charge in [0.05, 0.1) is 5.56 Å². The second kappa shape index (κ2) is 9.17. The zero-order valence-corrected chi connectivity index (χ0v) is 16.6. The lowest BCUT2D eigenvalue weighted by molar-refractivity contribution is -0.137. The van der Waals surface area contributed by atoms with E-state index in [1.165, 1.54) is 17.0 Å². The number of nitrogens with zero attached hydrogens (tertiary/aromatic N) is 3. The molecule has 0 radical (unpaired) electrons. The zero-order chi connectivity index (χ0) is 21.7. The van der Waals surface area contributed by atoms with Crippen LogP contribution in [0.1, 0.15) is 27.6 Å². The van der Waals surface area contributed by atoms with E-state index in [0.29, 0.717) is 29.4 Å². The first-order valence-corrected chi connectivity index (χ1v) is 9.23. The first-order valence-electron chi connectivity index (χ1n) is 8.85. The van der Waals surface area contributed by atoms with Crippen molar-refractivity contribution < 1.29 is 27.2 Å². The van der Waals surface area contributed by atoms with E-state index in [4.69, 9.17) is 20.9 Å². The van der Waals surface area contributed by atoms with E-state index in [1.807, 2.05) is 0 Å². The molecule has 6 nitrogen and oxygen atoms in total. The Morgan fingerprint density at radius 3 is 2.63 bits per heavy atom. The minimum atomic E-state index is -4.45. The molecule has 0 unspecified atom stereocenters. The van der Waals surface area contributed by atoms with Crippen LogP contribution in [0, 0.1) is 0 Å². The molecule has 10 heteroatoms. The topological polar surface area (TPSA) is 68.5 Å². The number of carbonyl (C=O) groups is 1. The third-order valence-corrected chi connectivity index (χ3v) is 4.39. The minimum Gasteiger partial charge on any atom is -0.484 e. The average molecular weight is 440 g/mol. The molecule has 2 aromatic carbocycles. The number of alkyl halides is 3. The Kier molecular flexibility index (Phi) is 6.61. The summed E-state index contributed by atoms with van der Waals surface area (Å²) in [6.45, 7) is 0.169. The van der Waals surface area contributed by atoms with E-state index >= 15 is 0 Å². The third-order valence-electron chi connectivity index (χ3n) is 4.14. The summed E-state index contributed by atoms with van der Waals surface area (Å²) in [7, 11) is 1.65. The number of aromatic nitrogens is 2. The predicted octanol–water partition coefficient (Wildman–Crippen LogP) is 4.64. The van der Waals surface area contributed by atoms with E-state index < -0.39 is 11.7 Å². The Morgan fingerprint density at radius 1 is 1.20 bits per heavy atom. The van der Waals surface area contributed by atoms with Crippen LogP contribution < -0.4 is 4.74 Å². The molecule has 1 heterocycles. The maximum Gasteiger partial charge on any atom is 0.416 e. The molecule has 1 aromatic heterocycles. The Balaban J connectivity index is 1.51. The van der Waals surface area contributed by atoms with Gasteiger partial charge in [0, 0.05) is 30.6 Å². The average Bonchev–Trinajstić information content (AvgIpc) is 3.18. The molecule has 0 N–H and O–H groups in total. The number of halogens is 4. The van der Waals surface area contributed by atoms with Gasteiger partial charge in [0.1, 0.15) is 5.75 Å². The summed E-state index contributed by atoms with van der Waals surface area (Å²) in [6, 6.07) is 11.1. The van der Waals surface area contributed by atoms with Crippen LogP contribution >= 0.6 is 11.6 Å². The van der Waals surface area contributed by atoms with Gasteiger partial charge in [-0.1, -0.05) is 22.8 Å². The highest BCUT2D eigenvalue weighted by atomic mass is 35.5. The van der Waals surface area contributed by atoms with E-state index in [1.54, 1.807) is 31.3 Å². The summed E-state index contributed by atoms with van der Waals surface area (Å²) < 4.78 is 48.6. The van der Waals surface area contributed by atoms with Gasteiger partial charge < -0.3 is 14.2 Å². The van der Waals surface area contributed by atoms with Crippen LogP contribution in [0.2, 0.25) is 5.02 Å². The van der Waals surface area contributed by atoms with E-state index in [0.717, 1.165) is 12.1 Å². The Hall–Kier alpha value is -3.07. The number of hydrogen-bond acceptors (Lipinski definition) is 5. The normalized spacial score (nSPS) is 11.4. The summed E-state index contributed by atoms with van der Waals surface area (Å²) in [5.74, 6) is 0.337. The second-order valence-electron chi connectivity index (χ2n) is 6.40. The molecule has 0 fully saturated rings. The van der Waals surface area contributed by atoms with Crippen molar-refractivity contribution in [2.75, 3.05) is 13.6 Å². The van der Waals surface area contributed by atoms with Gasteiger partial charge in [-0.3, -0.25) is 4.79 Å². The lowest BCUT2D eigenvalue weighted by atomic mass is 10.2. The number of hydrogen-bond donors (Lipinski definition) is 0. The van der Waals surface area contributed by atoms with E-state index in [9.17, 15) is 18.0 Å². The molecule has 0 spiro atoms. The van der Waals surface area contributed by atoms with E-state index in [2.05, 4.69) is 10.1 Å². The molecule has 30 heavy (non-hydrogen) atoms. The number of rotatable bonds is 7. The van der Waals surface area contributed by atoms with Crippen LogP contribution in [0.4, 0.5) is 13.2 Å². The molecule has 0 atom stereocenters. The Labute approximate surface area is 175 Å². The van der Waals surface area contributed by atoms with Crippen LogP contribution in [0.15, 0.2) is 53.1 Å². The lowest BCUT2D eigenvalue weighted by Crippen LogP contribution is -2.29. The van der Waals surface area contributed by atoms with Gasteiger partial charge in [0.2, 0.25) is 0 Å². The smallest absolute Gasteiger partial charge is 0.416 e. The van der Waals surface area contributed by atoms with E-state index in [-0.39, 0.29) is 24.2 Å². The zero-order valence-electron chi connectivity index (χ0n) is 15.8. The summed E-state index contributed by atoms with van der Waals surface area (Å²) >= 11 is 5.82. The Morgan fingerprint density at radius 2 is 1.93 bits per heavy atom. The highest BCUT2D eigenvalue weighted by Crippen LogP contribution is 2.31. The van der Waals surface area contributed by atoms with Crippen LogP contribution in [0.25, 0.3) is 0 Å². The summed E-state index contributed by atoms with van der Waals surface area (Å²) in [5.41, 5.74) is -0.301. The molecule has 3 aromatic rings. The van der Waals surface area contributed by atoms with Gasteiger partial charge in [-0.25, -0.2) is 0 Å². The van der Waals surface area contributed by atoms with Crippen molar-refractivity contribution in [1.29, 1.82) is 0 Å². The van der Waals surface area contributed by atoms with Crippen molar-refractivity contribution in [1.82, 2.24) is 15.0 Å². The van der Waals surface area contributed by atoms with Crippen molar-refractivity contribution in [2.24, 2.45) is 0 Å². The van der Waals surface area contributed by atoms with Crippen molar-refractivity contribution in [3.63, 3.8) is 0 Å². The first kappa shape index (κ1) is 21.6. The SMILES string of the molecule is CN(CCc1noc(COc2cccc(C(F)(F)F)c2)n1)C(=O)c1ccc(Cl)cc1. The van der Waals surface area contributed by atoms with Crippen molar-refractivity contribution >= 4 is 17.5 Å². The highest BCUT2D eigenvalue weighted by molar-refractivity contribution is 6.30. The Bertz CT molecular complexity index is 1010. The number of carbonyl (C=O) groups excluding carboxylic acids is 1. The molecular weight excluding hydrogens is 423 g/mol. The fraction of sp³-hybridized carbons (Fsp3) is 0.250. The fourth-order valence-corrected chi connectivity index (χ4v) is 2.67. The van der Waals surface area contributed by atoms with Gasteiger partial charge in [0.15, 0.2) is 12.4 Å². The summed E-state index contributed by atoms with van der Waals surface area (Å²) in [5, 5.41) is 4.34. The van der Waals surface area contributed by atoms with Crippen LogP contribution in [0.5, 0.6) is 5.75 Å². The van der Waals surface area contributed by atoms with Crippen molar-refractivity contribution in [3.8, 4) is 5.75 Å². The summed E-state index contributed by atoms with van der Waals surface area (Å²) in [4.78, 5) is 18.0. The number of amides is 1. The second-order valence-corrected chi connectivity index (χ2v) is 6.84. The molecule has 0 saturated carbocycles. The van der Waals surface area contributed by atoms with Gasteiger partial charge in [0.25, 0.3) is 11.8 Å². The number of likely N-dealkylation sites (N-methyl/N-ethyl adjacent to an activating group) is 1. The maximum absolute atomic E-state index is 12.7. The molecule has 3 rings (SSSR count). The monoisotopic (exact) mass is 439 g/mol. The molecule has 0 aliphatic rings. The lowest BCUT2D eigenvalue weighted by Gasteiger charge is -2.16. The summed E-state index contributed by atoms with van der Waals surface area (Å²) in [6.07, 6.45) is -4.12. The van der Waals surface area contributed by atoms with Gasteiger partial charge in [-0.15, -0.1) is 0 Å². The van der Waals surface area contributed by atoms with Gasteiger partial charge >= 0.3 is 6.18 Å². The highest BCUT2D eigenvalue weighted by Gasteiger charge is 2.30. The minimum absolute atomic E-state index is 0.0397. The van der Waals surface area contributed by atoms with Crippen molar-refractivity contribution in [3.05, 3.63) is 76.4 Å². The molecule has 158 valence electrons. The molecule has 0 saturated heterocycles. The predicted molar refractivity (Wildman–Crippen MR) is 102 cm³/mol. The van der Waals surface area contributed by atoms with Gasteiger partial charge in [-0.05, 0) is 42.5 Å². The van der Waals surface area contributed by atoms with Crippen LogP contribution in [0.3, 0.4) is 0 Å². The van der Waals surface area contributed by atoms with Crippen molar-refractivity contribution in [2.45, 2.75) is 19.2 Å². The van der Waals surface area contributed by atoms with Crippen LogP contribution in [-0.4, -0.2) is 34.5 Å². The quantitative estimate of drug-likeness (QED) is 0.536. The first-order chi connectivity index (χ1) is 14.2. The third kappa shape index (κ3) is 5.73. The molecular formula is C20H17ClF3N3O3. The standard InChI is InChI=1S/C20H17ClF3N3O3/c1-27(19(28)13-5-7-15(21)8-6-13)10-9-17-25-18(30-26-17)12-29-16-4-2-3-14(11-16)20(22,23)24/h2-8,11H,9-10,12H2,1H3. The largest absolute Gasteiger partial charge is 0.484 e. The number of ether oxygens (including phenoxy) is 1. The fourth-order valence-electron chi connectivity index (χ4n) is 2.54. The number of benzene rings is 2. The maximum atomic E-state index is 12.7. The van der Waals surface area contributed by atoms with Crippen LogP contribution in [-0.2, 0) is 19.2 Å². The molecule has 1 amide bonds. The molecule has 0 bridgehead atoms. The molecule has 0 aliphatic heterocycles.